The van der Waals surface area contributed by atoms with Gasteiger partial charge in [-0.15, -0.1) is 0 Å². The van der Waals surface area contributed by atoms with Gasteiger partial charge in [0.05, 0.1) is 8.07 Å². The molecule has 0 radical (unpaired) electrons. The van der Waals surface area contributed by atoms with Gasteiger partial charge in [-0.25, -0.2) is 0 Å². The van der Waals surface area contributed by atoms with E-state index < -0.39 is 8.07 Å². The van der Waals surface area contributed by atoms with E-state index in [4.69, 9.17) is 0 Å². The van der Waals surface area contributed by atoms with Crippen molar-refractivity contribution in [3.8, 4) is 0 Å². The summed E-state index contributed by atoms with van der Waals surface area (Å²) in [5.41, 5.74) is 6.21. The molecule has 2 rings (SSSR count). The van der Waals surface area contributed by atoms with Crippen molar-refractivity contribution < 1.29 is 0 Å². The summed E-state index contributed by atoms with van der Waals surface area (Å²) in [7, 11) is -1.38. The third-order valence-corrected chi connectivity index (χ3v) is 16.1. The predicted molar refractivity (Wildman–Crippen MR) is 134 cm³/mol. The minimum Gasteiger partial charge on any atom is -0.150 e. The Hall–Kier alpha value is 0.307. The van der Waals surface area contributed by atoms with Gasteiger partial charge in [0.25, 0.3) is 0 Å². The second-order valence-corrected chi connectivity index (χ2v) is 17.1. The summed E-state index contributed by atoms with van der Waals surface area (Å²) in [4.78, 5) is 0. The fourth-order valence-electron chi connectivity index (χ4n) is 6.13. The summed E-state index contributed by atoms with van der Waals surface area (Å²) in [6, 6.07) is 3.17. The first-order chi connectivity index (χ1) is 13.2. The zero-order chi connectivity index (χ0) is 20.9. The van der Waals surface area contributed by atoms with E-state index in [2.05, 4.69) is 72.9 Å². The maximum atomic E-state index is 2.95. The van der Waals surface area contributed by atoms with Crippen molar-refractivity contribution in [3.63, 3.8) is 0 Å². The van der Waals surface area contributed by atoms with E-state index in [1.165, 1.54) is 51.4 Å². The molecule has 0 spiro atoms. The molecular formula is C26H50SSi. The van der Waals surface area contributed by atoms with Gasteiger partial charge < -0.3 is 0 Å². The molecule has 6 unspecified atom stereocenters. The first kappa shape index (κ1) is 24.6. The summed E-state index contributed by atoms with van der Waals surface area (Å²) in [6.45, 7) is 19.7. The monoisotopic (exact) mass is 422 g/mol. The quantitative estimate of drug-likeness (QED) is 0.299. The highest BCUT2D eigenvalue weighted by Crippen LogP contribution is 2.61. The van der Waals surface area contributed by atoms with Crippen LogP contribution in [0.25, 0.3) is 0 Å². The standard InChI is InChI=1S/C26H50SSi/c1-9-12-14-20(4)17-28(19-22(11-3)15-13-10-2)18-21(5)25-23(28)16-24(27-25)26(6,7)8/h18,20,22-25H,9-17,19H2,1-8H3. The Bertz CT molecular complexity index is 505. The van der Waals surface area contributed by atoms with Crippen LogP contribution in [0, 0.1) is 17.3 Å². The van der Waals surface area contributed by atoms with Gasteiger partial charge in [-0.2, -0.15) is 11.8 Å². The van der Waals surface area contributed by atoms with E-state index in [1.807, 2.05) is 0 Å². The second kappa shape index (κ2) is 10.6. The summed E-state index contributed by atoms with van der Waals surface area (Å²) in [5, 5.41) is 1.72. The number of fused-ring (bicyclic) bond motifs is 1. The molecule has 0 aromatic heterocycles. The highest BCUT2D eigenvalue weighted by Gasteiger charge is 2.55. The molecule has 2 aliphatic rings. The smallest absolute Gasteiger partial charge is 0.0828 e. The lowest BCUT2D eigenvalue weighted by molar-refractivity contribution is 0.383. The van der Waals surface area contributed by atoms with Gasteiger partial charge in [-0.05, 0) is 36.1 Å². The summed E-state index contributed by atoms with van der Waals surface area (Å²) in [6.07, 6.45) is 11.4. The summed E-state index contributed by atoms with van der Waals surface area (Å²) < 4.78 is 0. The summed E-state index contributed by atoms with van der Waals surface area (Å²) >= 11 is 2.36. The average molecular weight is 423 g/mol. The summed E-state index contributed by atoms with van der Waals surface area (Å²) in [5.74, 6) is 1.91. The third kappa shape index (κ3) is 5.93. The highest BCUT2D eigenvalue weighted by atomic mass is 32.2. The van der Waals surface area contributed by atoms with Gasteiger partial charge >= 0.3 is 0 Å². The number of hydrogen-bond acceptors (Lipinski definition) is 1. The van der Waals surface area contributed by atoms with E-state index in [-0.39, 0.29) is 0 Å². The van der Waals surface area contributed by atoms with Gasteiger partial charge in [0.2, 0.25) is 0 Å². The van der Waals surface area contributed by atoms with Crippen molar-refractivity contribution in [2.24, 2.45) is 17.3 Å². The lowest BCUT2D eigenvalue weighted by Gasteiger charge is -2.38. The molecule has 0 bridgehead atoms. The van der Waals surface area contributed by atoms with Crippen LogP contribution in [0.15, 0.2) is 11.3 Å². The van der Waals surface area contributed by atoms with E-state index in [0.29, 0.717) is 5.41 Å². The molecule has 0 aromatic rings. The van der Waals surface area contributed by atoms with Crippen LogP contribution in [0.4, 0.5) is 0 Å². The predicted octanol–water partition coefficient (Wildman–Crippen LogP) is 9.27. The van der Waals surface area contributed by atoms with E-state index >= 15 is 0 Å². The molecular weight excluding hydrogens is 372 g/mol. The Kier molecular flexibility index (Phi) is 9.27. The maximum absolute atomic E-state index is 2.95. The largest absolute Gasteiger partial charge is 0.150 e. The fourth-order valence-corrected chi connectivity index (χ4v) is 16.1. The van der Waals surface area contributed by atoms with Crippen molar-refractivity contribution in [1.82, 2.24) is 0 Å². The zero-order valence-corrected chi connectivity index (χ0v) is 22.3. The molecule has 0 nitrogen and oxygen atoms in total. The third-order valence-electron chi connectivity index (χ3n) is 7.80. The van der Waals surface area contributed by atoms with Gasteiger partial charge in [0.15, 0.2) is 0 Å². The van der Waals surface area contributed by atoms with Gasteiger partial charge in [0.1, 0.15) is 0 Å². The topological polar surface area (TPSA) is 0 Å². The van der Waals surface area contributed by atoms with Gasteiger partial charge in [-0.1, -0.05) is 117 Å². The van der Waals surface area contributed by atoms with Crippen LogP contribution >= 0.6 is 11.8 Å². The Labute approximate surface area is 183 Å². The molecule has 2 heterocycles. The molecule has 6 atom stereocenters. The molecule has 164 valence electrons. The molecule has 1 saturated heterocycles. The average Bonchev–Trinajstić information content (AvgIpc) is 3.18. The minimum atomic E-state index is -1.38. The first-order valence-corrected chi connectivity index (χ1v) is 16.0. The van der Waals surface area contributed by atoms with Crippen LogP contribution in [0.1, 0.15) is 107 Å². The van der Waals surface area contributed by atoms with Crippen LogP contribution in [-0.2, 0) is 0 Å². The Balaban J connectivity index is 2.27. The molecule has 0 saturated carbocycles. The highest BCUT2D eigenvalue weighted by molar-refractivity contribution is 8.01. The van der Waals surface area contributed by atoms with E-state index in [9.17, 15) is 0 Å². The lowest BCUT2D eigenvalue weighted by Crippen LogP contribution is -2.41. The lowest BCUT2D eigenvalue weighted by atomic mass is 9.89. The number of hydrogen-bond donors (Lipinski definition) is 0. The van der Waals surface area contributed by atoms with E-state index in [0.717, 1.165) is 27.9 Å². The first-order valence-electron chi connectivity index (χ1n) is 12.5. The van der Waals surface area contributed by atoms with Crippen molar-refractivity contribution in [2.45, 2.75) is 135 Å². The van der Waals surface area contributed by atoms with Crippen LogP contribution in [0.5, 0.6) is 0 Å². The van der Waals surface area contributed by atoms with Crippen molar-refractivity contribution in [3.05, 3.63) is 11.3 Å². The van der Waals surface area contributed by atoms with E-state index in [1.54, 1.807) is 17.7 Å². The zero-order valence-electron chi connectivity index (χ0n) is 20.4. The fraction of sp³-hybridized carbons (Fsp3) is 0.923. The number of unbranched alkanes of at least 4 members (excludes halogenated alkanes) is 2. The van der Waals surface area contributed by atoms with Gasteiger partial charge in [0, 0.05) is 10.5 Å². The van der Waals surface area contributed by atoms with Crippen LogP contribution < -0.4 is 0 Å². The second-order valence-electron chi connectivity index (χ2n) is 11.4. The molecule has 0 N–H and O–H groups in total. The Morgan fingerprint density at radius 2 is 1.71 bits per heavy atom. The minimum absolute atomic E-state index is 0.454. The SMILES string of the molecule is CCCCC(C)C[Si]1(CC(CC)CCCC)C=C(C)C2SC(C(C)(C)C)CC21. The van der Waals surface area contributed by atoms with Crippen molar-refractivity contribution in [2.75, 3.05) is 0 Å². The number of thioether (sulfide) groups is 1. The maximum Gasteiger partial charge on any atom is 0.0828 e. The molecule has 2 aliphatic heterocycles. The normalized spacial score (nSPS) is 32.3. The van der Waals surface area contributed by atoms with Crippen LogP contribution in [0.3, 0.4) is 0 Å². The van der Waals surface area contributed by atoms with Crippen molar-refractivity contribution >= 4 is 19.8 Å². The van der Waals surface area contributed by atoms with Crippen LogP contribution in [0.2, 0.25) is 17.6 Å². The Morgan fingerprint density at radius 3 is 2.29 bits per heavy atom. The molecule has 28 heavy (non-hydrogen) atoms. The van der Waals surface area contributed by atoms with Gasteiger partial charge in [-0.3, -0.25) is 0 Å². The van der Waals surface area contributed by atoms with Crippen LogP contribution in [-0.4, -0.2) is 18.6 Å². The Morgan fingerprint density at radius 1 is 1.07 bits per heavy atom. The van der Waals surface area contributed by atoms with Crippen molar-refractivity contribution in [1.29, 1.82) is 0 Å². The molecule has 0 aromatic carbocycles. The number of rotatable bonds is 11. The molecule has 2 heteroatoms. The molecule has 0 amide bonds. The molecule has 0 aliphatic carbocycles. The molecule has 1 fully saturated rings.